The Morgan fingerprint density at radius 2 is 0.956 bits per heavy atom. The van der Waals surface area contributed by atoms with E-state index in [1.165, 1.54) is 0 Å². The number of furan rings is 1. The van der Waals surface area contributed by atoms with Gasteiger partial charge in [0, 0.05) is 43.4 Å². The Bertz CT molecular complexity index is 2490. The number of rotatable bonds is 2. The van der Waals surface area contributed by atoms with Gasteiger partial charge in [0.25, 0.3) is 0 Å². The summed E-state index contributed by atoms with van der Waals surface area (Å²) in [5, 5.41) is 70.8. The molecule has 7 aromatic carbocycles. The molecule has 0 saturated heterocycles. The van der Waals surface area contributed by atoms with Crippen LogP contribution in [0.1, 0.15) is 0 Å². The molecule has 0 spiro atoms. The maximum Gasteiger partial charge on any atom is 0.204 e. The molecule has 45 heavy (non-hydrogen) atoms. The van der Waals surface area contributed by atoms with Gasteiger partial charge >= 0.3 is 0 Å². The lowest BCUT2D eigenvalue weighted by Crippen LogP contribution is -2.26. The molecule has 1 aromatic heterocycles. The van der Waals surface area contributed by atoms with E-state index in [-0.39, 0.29) is 43.6 Å². The highest BCUT2D eigenvalue weighted by molar-refractivity contribution is 6.53. The molecule has 6 N–H and O–H groups in total. The first kappa shape index (κ1) is 26.7. The first-order chi connectivity index (χ1) is 21.7. The number of aromatic hydroxyl groups is 6. The second-order valence-electron chi connectivity index (χ2n) is 11.0. The van der Waals surface area contributed by atoms with Gasteiger partial charge in [-0.15, -0.1) is 0 Å². The smallest absolute Gasteiger partial charge is 0.204 e. The lowest BCUT2D eigenvalue weighted by Gasteiger charge is -2.23. The van der Waals surface area contributed by atoms with E-state index in [2.05, 4.69) is 0 Å². The highest BCUT2D eigenvalue weighted by atomic mass is 16.3. The summed E-state index contributed by atoms with van der Waals surface area (Å²) in [4.78, 5) is 0. The van der Waals surface area contributed by atoms with E-state index in [1.807, 2.05) is 36.4 Å². The topological polar surface area (TPSA) is 135 Å². The molecule has 0 unspecified atom stereocenters. The summed E-state index contributed by atoms with van der Waals surface area (Å²) in [6.07, 6.45) is 0. The van der Waals surface area contributed by atoms with Crippen molar-refractivity contribution in [3.05, 3.63) is 84.9 Å². The molecule has 8 rings (SSSR count). The summed E-state index contributed by atoms with van der Waals surface area (Å²) in [5.41, 5.74) is 1.72. The molecule has 7 nitrogen and oxygen atoms in total. The minimum Gasteiger partial charge on any atom is -0.508 e. The van der Waals surface area contributed by atoms with Crippen molar-refractivity contribution >= 4 is 80.9 Å². The lowest BCUT2D eigenvalue weighted by molar-refractivity contribution is 0.351. The summed E-state index contributed by atoms with van der Waals surface area (Å²) < 4.78 is 6.17. The number of benzene rings is 7. The van der Waals surface area contributed by atoms with E-state index in [0.717, 1.165) is 16.2 Å². The van der Waals surface area contributed by atoms with Crippen molar-refractivity contribution < 1.29 is 35.1 Å². The molecule has 0 saturated carbocycles. The zero-order chi connectivity index (χ0) is 31.3. The Kier molecular flexibility index (Phi) is 5.49. The van der Waals surface area contributed by atoms with E-state index < -0.39 is 34.5 Å². The molecule has 8 aromatic rings. The van der Waals surface area contributed by atoms with E-state index in [0.29, 0.717) is 27.7 Å². The summed E-state index contributed by atoms with van der Waals surface area (Å²) >= 11 is 0. The molecule has 1 heterocycles. The zero-order valence-corrected chi connectivity index (χ0v) is 23.3. The third kappa shape index (κ3) is 3.49. The highest BCUT2D eigenvalue weighted by Crippen LogP contribution is 2.58. The van der Waals surface area contributed by atoms with Gasteiger partial charge in [0.1, 0.15) is 38.4 Å². The largest absolute Gasteiger partial charge is 0.508 e. The third-order valence-corrected chi connectivity index (χ3v) is 8.63. The fraction of sp³-hybridized carbons (Fsp3) is 0. The van der Waals surface area contributed by atoms with Crippen molar-refractivity contribution in [1.82, 2.24) is 0 Å². The van der Waals surface area contributed by atoms with Crippen LogP contribution in [0.25, 0.3) is 76.5 Å². The first-order valence-electron chi connectivity index (χ1n) is 14.0. The quantitative estimate of drug-likeness (QED) is 0.0615. The number of hydrogen-bond donors (Lipinski definition) is 6. The zero-order valence-electron chi connectivity index (χ0n) is 23.3. The van der Waals surface area contributed by atoms with Gasteiger partial charge in [-0.25, -0.2) is 0 Å². The third-order valence-electron chi connectivity index (χ3n) is 8.63. The van der Waals surface area contributed by atoms with Crippen LogP contribution in [0.5, 0.6) is 34.5 Å². The van der Waals surface area contributed by atoms with E-state index >= 15 is 0 Å². The number of hydrogen-bond acceptors (Lipinski definition) is 7. The van der Waals surface area contributed by atoms with Crippen LogP contribution >= 0.6 is 0 Å². The minimum absolute atomic E-state index is 0.00218. The van der Waals surface area contributed by atoms with E-state index in [1.54, 1.807) is 48.5 Å². The Hall–Kier alpha value is -5.95. The standard InChI is InChI=1S/C36H20B2O7/c37-29-30(38)32(40)26-23(17-11-12-20-19(14-17)24-18-9-5-4-6-15(18)10-13-21(24)45-20)28-27(33(41)35(43)36(44)34(28)42)22(25(26)31(29)39)16-7-2-1-3-8-16/h1-14,39-44H. The van der Waals surface area contributed by atoms with E-state index in [9.17, 15) is 30.6 Å². The Labute approximate surface area is 257 Å². The van der Waals surface area contributed by atoms with Crippen LogP contribution in [0, 0.1) is 0 Å². The first-order valence-corrected chi connectivity index (χ1v) is 14.0. The molecule has 212 valence electrons. The van der Waals surface area contributed by atoms with Crippen molar-refractivity contribution in [1.29, 1.82) is 0 Å². The average Bonchev–Trinajstić information content (AvgIpc) is 3.45. The van der Waals surface area contributed by atoms with Crippen LogP contribution in [0.4, 0.5) is 0 Å². The van der Waals surface area contributed by atoms with Crippen molar-refractivity contribution in [2.24, 2.45) is 0 Å². The average molecular weight is 586 g/mol. The Morgan fingerprint density at radius 3 is 1.60 bits per heavy atom. The molecular weight excluding hydrogens is 566 g/mol. The van der Waals surface area contributed by atoms with Gasteiger partial charge in [-0.2, -0.15) is 0 Å². The minimum atomic E-state index is -0.965. The molecule has 0 amide bonds. The lowest BCUT2D eigenvalue weighted by atomic mass is 9.74. The summed E-state index contributed by atoms with van der Waals surface area (Å²) in [7, 11) is 12.4. The molecule has 0 aliphatic carbocycles. The molecule has 0 aliphatic rings. The summed E-state index contributed by atoms with van der Waals surface area (Å²) in [6.45, 7) is 0. The molecule has 0 aliphatic heterocycles. The van der Waals surface area contributed by atoms with Gasteiger partial charge in [-0.05, 0) is 40.1 Å². The normalized spacial score (nSPS) is 11.8. The predicted molar refractivity (Wildman–Crippen MR) is 178 cm³/mol. The number of phenolic OH excluding ortho intramolecular Hbond substituents is 6. The van der Waals surface area contributed by atoms with Gasteiger partial charge in [0.15, 0.2) is 11.5 Å². The summed E-state index contributed by atoms with van der Waals surface area (Å²) in [6, 6.07) is 25.5. The van der Waals surface area contributed by atoms with Gasteiger partial charge in [-0.1, -0.05) is 77.7 Å². The second-order valence-corrected chi connectivity index (χ2v) is 11.0. The Morgan fingerprint density at radius 1 is 0.422 bits per heavy atom. The maximum absolute atomic E-state index is 11.6. The number of fused-ring (bicyclic) bond motifs is 7. The monoisotopic (exact) mass is 586 g/mol. The van der Waals surface area contributed by atoms with Gasteiger partial charge in [-0.3, -0.25) is 0 Å². The summed E-state index contributed by atoms with van der Waals surface area (Å²) in [5.74, 6) is -4.40. The molecule has 0 atom stereocenters. The van der Waals surface area contributed by atoms with E-state index in [4.69, 9.17) is 20.1 Å². The van der Waals surface area contributed by atoms with Crippen LogP contribution in [0.3, 0.4) is 0 Å². The van der Waals surface area contributed by atoms with Crippen molar-refractivity contribution in [3.8, 4) is 56.8 Å². The fourth-order valence-corrected chi connectivity index (χ4v) is 6.57. The second kappa shape index (κ2) is 9.27. The highest BCUT2D eigenvalue weighted by Gasteiger charge is 2.31. The maximum atomic E-state index is 11.6. The number of phenols is 6. The van der Waals surface area contributed by atoms with Crippen molar-refractivity contribution in [2.75, 3.05) is 0 Å². The van der Waals surface area contributed by atoms with Crippen LogP contribution in [-0.4, -0.2) is 46.3 Å². The van der Waals surface area contributed by atoms with Crippen LogP contribution < -0.4 is 10.9 Å². The fourth-order valence-electron chi connectivity index (χ4n) is 6.57. The van der Waals surface area contributed by atoms with Gasteiger partial charge in [0.2, 0.25) is 11.5 Å². The van der Waals surface area contributed by atoms with Gasteiger partial charge in [0.05, 0.1) is 0 Å². The van der Waals surface area contributed by atoms with Gasteiger partial charge < -0.3 is 35.1 Å². The molecule has 9 heteroatoms. The van der Waals surface area contributed by atoms with Crippen LogP contribution in [0.15, 0.2) is 89.3 Å². The van der Waals surface area contributed by atoms with Crippen molar-refractivity contribution in [2.45, 2.75) is 0 Å². The van der Waals surface area contributed by atoms with Crippen LogP contribution in [-0.2, 0) is 0 Å². The molecule has 0 bridgehead atoms. The van der Waals surface area contributed by atoms with Crippen LogP contribution in [0.2, 0.25) is 0 Å². The van der Waals surface area contributed by atoms with Crippen molar-refractivity contribution in [3.63, 3.8) is 0 Å². The molecule has 4 radical (unpaired) electrons. The molecular formula is C36H20B2O7. The molecule has 0 fully saturated rings. The SMILES string of the molecule is [B]c1c([B])c(O)c2c(-c3ccc4oc5ccc6ccccc6c5c4c3)c3c(O)c(O)c(O)c(O)c3c(-c3ccccc3)c2c1O. The Balaban J connectivity index is 1.66. The predicted octanol–water partition coefficient (Wildman–Crippen LogP) is 6.20.